The summed E-state index contributed by atoms with van der Waals surface area (Å²) in [6.07, 6.45) is 0. The zero-order chi connectivity index (χ0) is 27.5. The van der Waals surface area contributed by atoms with Gasteiger partial charge in [0.2, 0.25) is 0 Å². The lowest BCUT2D eigenvalue weighted by atomic mass is 9.94. The Hall–Kier alpha value is -5.04. The molecule has 196 valence electrons. The van der Waals surface area contributed by atoms with Crippen molar-refractivity contribution in [3.8, 4) is 23.0 Å². The van der Waals surface area contributed by atoms with Gasteiger partial charge >= 0.3 is 0 Å². The van der Waals surface area contributed by atoms with Gasteiger partial charge in [0.25, 0.3) is 11.7 Å². The average molecular weight is 522 g/mol. The van der Waals surface area contributed by atoms with Crippen LogP contribution in [0.25, 0.3) is 5.76 Å². The lowest BCUT2D eigenvalue weighted by Crippen LogP contribution is -2.29. The molecule has 39 heavy (non-hydrogen) atoms. The third kappa shape index (κ3) is 4.94. The predicted molar refractivity (Wildman–Crippen MR) is 148 cm³/mol. The van der Waals surface area contributed by atoms with Crippen LogP contribution in [0.2, 0.25) is 0 Å². The Morgan fingerprint density at radius 3 is 2.31 bits per heavy atom. The average Bonchev–Trinajstić information content (AvgIpc) is 3.20. The van der Waals surface area contributed by atoms with Crippen LogP contribution >= 0.6 is 0 Å². The number of aliphatic hydroxyl groups excluding tert-OH is 1. The van der Waals surface area contributed by atoms with Crippen molar-refractivity contribution in [2.75, 3.05) is 11.5 Å². The molecule has 4 aromatic carbocycles. The first-order valence-corrected chi connectivity index (χ1v) is 12.5. The summed E-state index contributed by atoms with van der Waals surface area (Å²) < 4.78 is 11.6. The third-order valence-corrected chi connectivity index (χ3v) is 6.49. The highest BCUT2D eigenvalue weighted by Gasteiger charge is 2.47. The lowest BCUT2D eigenvalue weighted by Gasteiger charge is -2.26. The molecule has 0 aromatic heterocycles. The van der Waals surface area contributed by atoms with E-state index < -0.39 is 17.7 Å². The number of hydrogen-bond donors (Lipinski definition) is 2. The number of Topliss-reactive ketones (excluding diaryl/α,β-unsaturated/α-hetero) is 1. The number of phenols is 1. The number of amides is 1. The maximum Gasteiger partial charge on any atom is 0.300 e. The summed E-state index contributed by atoms with van der Waals surface area (Å²) >= 11 is 0. The van der Waals surface area contributed by atoms with E-state index in [1.54, 1.807) is 60.7 Å². The van der Waals surface area contributed by atoms with Gasteiger partial charge in [-0.05, 0) is 79.6 Å². The highest BCUT2D eigenvalue weighted by Crippen LogP contribution is 2.45. The van der Waals surface area contributed by atoms with Crippen molar-refractivity contribution in [3.05, 3.63) is 119 Å². The Morgan fingerprint density at radius 1 is 0.872 bits per heavy atom. The molecule has 2 N–H and O–H groups in total. The molecule has 0 radical (unpaired) electrons. The maximum absolute atomic E-state index is 13.5. The molecule has 4 aromatic rings. The Bertz CT molecular complexity index is 1580. The quantitative estimate of drug-likeness (QED) is 0.163. The largest absolute Gasteiger partial charge is 0.507 e. The summed E-state index contributed by atoms with van der Waals surface area (Å²) in [5, 5.41) is 22.1. The summed E-state index contributed by atoms with van der Waals surface area (Å²) in [5.41, 5.74) is 1.72. The van der Waals surface area contributed by atoms with Gasteiger partial charge in [-0.3, -0.25) is 14.5 Å². The van der Waals surface area contributed by atoms with E-state index in [1.165, 1.54) is 11.0 Å². The first kappa shape index (κ1) is 25.6. The minimum atomic E-state index is -1.02. The number of aryl methyl sites for hydroxylation is 1. The molecule has 0 saturated carbocycles. The molecular formula is C32H27NO6. The Labute approximate surface area is 226 Å². The van der Waals surface area contributed by atoms with Crippen LogP contribution in [-0.4, -0.2) is 28.5 Å². The summed E-state index contributed by atoms with van der Waals surface area (Å²) in [5.74, 6) is -0.449. The molecule has 1 amide bonds. The van der Waals surface area contributed by atoms with E-state index >= 15 is 0 Å². The number of carbonyl (C=O) groups excluding carboxylic acids is 2. The van der Waals surface area contributed by atoms with Crippen LogP contribution in [0.4, 0.5) is 5.69 Å². The second-order valence-electron chi connectivity index (χ2n) is 9.06. The van der Waals surface area contributed by atoms with E-state index in [9.17, 15) is 19.8 Å². The van der Waals surface area contributed by atoms with Gasteiger partial charge in [-0.25, -0.2) is 0 Å². The van der Waals surface area contributed by atoms with Crippen molar-refractivity contribution in [1.82, 2.24) is 0 Å². The number of para-hydroxylation sites is 3. The second kappa shape index (κ2) is 10.8. The minimum Gasteiger partial charge on any atom is -0.507 e. The standard InChI is InChI=1S/C32H27NO6/c1-3-38-27-17-16-22(18-20(27)2)30(35)28-29(33(32(37)31(28)36)25-14-7-8-15-26(25)34)21-10-9-13-24(19-21)39-23-11-5-4-6-12-23/h4-19,29,34-35H,3H2,1-2H3/b30-28+. The van der Waals surface area contributed by atoms with Crippen molar-refractivity contribution in [3.63, 3.8) is 0 Å². The smallest absolute Gasteiger partial charge is 0.300 e. The summed E-state index contributed by atoms with van der Waals surface area (Å²) in [4.78, 5) is 28.1. The molecule has 1 heterocycles. The van der Waals surface area contributed by atoms with Crippen LogP contribution in [-0.2, 0) is 9.59 Å². The number of hydrogen-bond acceptors (Lipinski definition) is 6. The van der Waals surface area contributed by atoms with Crippen LogP contribution in [0.5, 0.6) is 23.0 Å². The fraction of sp³-hybridized carbons (Fsp3) is 0.125. The third-order valence-electron chi connectivity index (χ3n) is 6.49. The molecule has 7 nitrogen and oxygen atoms in total. The van der Waals surface area contributed by atoms with E-state index in [4.69, 9.17) is 9.47 Å². The fourth-order valence-corrected chi connectivity index (χ4v) is 4.71. The molecule has 7 heteroatoms. The molecule has 1 saturated heterocycles. The van der Waals surface area contributed by atoms with Crippen molar-refractivity contribution >= 4 is 23.1 Å². The number of carbonyl (C=O) groups is 2. The minimum absolute atomic E-state index is 0.0938. The number of anilines is 1. The van der Waals surface area contributed by atoms with E-state index in [-0.39, 0.29) is 22.8 Å². The van der Waals surface area contributed by atoms with Gasteiger partial charge in [0, 0.05) is 5.56 Å². The number of ether oxygens (including phenoxy) is 2. The lowest BCUT2D eigenvalue weighted by molar-refractivity contribution is -0.132. The van der Waals surface area contributed by atoms with Gasteiger partial charge < -0.3 is 19.7 Å². The van der Waals surface area contributed by atoms with Crippen LogP contribution in [0.3, 0.4) is 0 Å². The van der Waals surface area contributed by atoms with Gasteiger partial charge in [-0.1, -0.05) is 42.5 Å². The van der Waals surface area contributed by atoms with Crippen molar-refractivity contribution < 1.29 is 29.3 Å². The number of phenolic OH excluding ortho intramolecular Hbond substituents is 1. The topological polar surface area (TPSA) is 96.3 Å². The normalized spacial score (nSPS) is 16.4. The van der Waals surface area contributed by atoms with E-state index in [1.807, 2.05) is 44.2 Å². The van der Waals surface area contributed by atoms with E-state index in [0.717, 1.165) is 5.56 Å². The first-order chi connectivity index (χ1) is 18.9. The molecule has 1 aliphatic rings. The molecule has 0 bridgehead atoms. The second-order valence-corrected chi connectivity index (χ2v) is 9.06. The molecule has 5 rings (SSSR count). The van der Waals surface area contributed by atoms with Crippen LogP contribution < -0.4 is 14.4 Å². The number of aliphatic hydroxyl groups is 1. The van der Waals surface area contributed by atoms with Crippen molar-refractivity contribution in [2.24, 2.45) is 0 Å². The zero-order valence-electron chi connectivity index (χ0n) is 21.5. The Morgan fingerprint density at radius 2 is 1.59 bits per heavy atom. The van der Waals surface area contributed by atoms with Gasteiger partial charge in [0.15, 0.2) is 0 Å². The molecule has 1 fully saturated rings. The van der Waals surface area contributed by atoms with Crippen LogP contribution in [0, 0.1) is 6.92 Å². The fourth-order valence-electron chi connectivity index (χ4n) is 4.71. The molecule has 1 unspecified atom stereocenters. The molecule has 0 spiro atoms. The molecular weight excluding hydrogens is 494 g/mol. The SMILES string of the molecule is CCOc1ccc(/C(O)=C2\C(=O)C(=O)N(c3ccccc3O)C2c2cccc(Oc3ccccc3)c2)cc1C. The van der Waals surface area contributed by atoms with E-state index in [2.05, 4.69) is 0 Å². The summed E-state index contributed by atoms with van der Waals surface area (Å²) in [6, 6.07) is 26.5. The Balaban J connectivity index is 1.67. The molecule has 1 atom stereocenters. The zero-order valence-corrected chi connectivity index (χ0v) is 21.5. The Kier molecular flexibility index (Phi) is 7.06. The van der Waals surface area contributed by atoms with Crippen LogP contribution in [0.15, 0.2) is 103 Å². The number of benzene rings is 4. The maximum atomic E-state index is 13.5. The molecule has 1 aliphatic heterocycles. The summed E-state index contributed by atoms with van der Waals surface area (Å²) in [7, 11) is 0. The number of ketones is 1. The highest BCUT2D eigenvalue weighted by atomic mass is 16.5. The van der Waals surface area contributed by atoms with Crippen molar-refractivity contribution in [1.29, 1.82) is 0 Å². The monoisotopic (exact) mass is 521 g/mol. The number of rotatable bonds is 7. The first-order valence-electron chi connectivity index (χ1n) is 12.5. The predicted octanol–water partition coefficient (Wildman–Crippen LogP) is 6.52. The van der Waals surface area contributed by atoms with Gasteiger partial charge in [-0.2, -0.15) is 0 Å². The van der Waals surface area contributed by atoms with Gasteiger partial charge in [0.1, 0.15) is 28.8 Å². The van der Waals surface area contributed by atoms with Gasteiger partial charge in [-0.15, -0.1) is 0 Å². The number of nitrogens with zero attached hydrogens (tertiary/aromatic N) is 1. The van der Waals surface area contributed by atoms with Crippen molar-refractivity contribution in [2.45, 2.75) is 19.9 Å². The summed E-state index contributed by atoms with van der Waals surface area (Å²) in [6.45, 7) is 4.20. The van der Waals surface area contributed by atoms with Gasteiger partial charge in [0.05, 0.1) is 23.9 Å². The van der Waals surface area contributed by atoms with Crippen LogP contribution in [0.1, 0.15) is 29.7 Å². The van der Waals surface area contributed by atoms with E-state index in [0.29, 0.717) is 35.0 Å². The number of aromatic hydroxyl groups is 1. The molecule has 0 aliphatic carbocycles. The highest BCUT2D eigenvalue weighted by molar-refractivity contribution is 6.51.